The van der Waals surface area contributed by atoms with E-state index in [1.165, 1.54) is 7.11 Å². The number of methoxy groups -OCH3 is 2. The first-order valence-corrected chi connectivity index (χ1v) is 8.09. The Balaban J connectivity index is 1.79. The number of hydrogen-bond acceptors (Lipinski definition) is 4. The van der Waals surface area contributed by atoms with E-state index >= 15 is 0 Å². The summed E-state index contributed by atoms with van der Waals surface area (Å²) in [4.78, 5) is 25.3. The molecule has 1 aliphatic heterocycles. The van der Waals surface area contributed by atoms with E-state index in [1.54, 1.807) is 12.0 Å². The molecule has 7 heteroatoms. The minimum Gasteiger partial charge on any atom is -0.453 e. The average molecular weight is 335 g/mol. The summed E-state index contributed by atoms with van der Waals surface area (Å²) in [6.07, 6.45) is 1.12. The maximum atomic E-state index is 12.1. The van der Waals surface area contributed by atoms with Crippen LogP contribution in [0.4, 0.5) is 9.59 Å². The lowest BCUT2D eigenvalue weighted by Gasteiger charge is -2.32. The van der Waals surface area contributed by atoms with E-state index < -0.39 is 0 Å². The van der Waals surface area contributed by atoms with E-state index in [2.05, 4.69) is 10.6 Å². The number of urea groups is 1. The van der Waals surface area contributed by atoms with Crippen LogP contribution in [0.15, 0.2) is 30.3 Å². The molecule has 2 N–H and O–H groups in total. The maximum Gasteiger partial charge on any atom is 0.409 e. The molecule has 132 valence electrons. The zero-order valence-corrected chi connectivity index (χ0v) is 14.2. The molecular weight excluding hydrogens is 310 g/mol. The third-order valence-corrected chi connectivity index (χ3v) is 4.09. The van der Waals surface area contributed by atoms with Gasteiger partial charge in [0.25, 0.3) is 0 Å². The summed E-state index contributed by atoms with van der Waals surface area (Å²) < 4.78 is 10.2. The van der Waals surface area contributed by atoms with Gasteiger partial charge in [-0.25, -0.2) is 9.59 Å². The van der Waals surface area contributed by atoms with Gasteiger partial charge in [0.1, 0.15) is 0 Å². The molecule has 0 unspecified atom stereocenters. The largest absolute Gasteiger partial charge is 0.453 e. The van der Waals surface area contributed by atoms with Gasteiger partial charge in [0.05, 0.1) is 13.2 Å². The molecule has 7 nitrogen and oxygen atoms in total. The second-order valence-corrected chi connectivity index (χ2v) is 5.74. The number of piperidine rings is 1. The predicted molar refractivity (Wildman–Crippen MR) is 89.7 cm³/mol. The highest BCUT2D eigenvalue weighted by Crippen LogP contribution is 2.15. The smallest absolute Gasteiger partial charge is 0.409 e. The molecule has 1 aromatic carbocycles. The average Bonchev–Trinajstić information content (AvgIpc) is 2.62. The van der Waals surface area contributed by atoms with Gasteiger partial charge in [-0.2, -0.15) is 0 Å². The standard InChI is InChI=1S/C17H25N3O4/c1-23-15(13-7-4-3-5-8-13)11-18-16(21)19-14-9-6-10-20(12-14)17(22)24-2/h3-5,7-8,14-15H,6,9-12H2,1-2H3,(H2,18,19,21)/t14-,15-/m0/s1. The van der Waals surface area contributed by atoms with Crippen LogP contribution in [-0.2, 0) is 9.47 Å². The Morgan fingerprint density at radius 1 is 1.29 bits per heavy atom. The summed E-state index contributed by atoms with van der Waals surface area (Å²) in [5, 5.41) is 5.73. The zero-order valence-electron chi connectivity index (χ0n) is 14.2. The maximum absolute atomic E-state index is 12.1. The summed E-state index contributed by atoms with van der Waals surface area (Å²) in [5.74, 6) is 0. The number of hydrogen-bond donors (Lipinski definition) is 2. The fourth-order valence-corrected chi connectivity index (χ4v) is 2.82. The first kappa shape index (κ1) is 18.1. The van der Waals surface area contributed by atoms with Gasteiger partial charge in [-0.3, -0.25) is 0 Å². The van der Waals surface area contributed by atoms with Crippen molar-refractivity contribution in [1.29, 1.82) is 0 Å². The molecule has 24 heavy (non-hydrogen) atoms. The Morgan fingerprint density at radius 2 is 2.04 bits per heavy atom. The van der Waals surface area contributed by atoms with Crippen molar-refractivity contribution in [3.05, 3.63) is 35.9 Å². The molecule has 0 saturated carbocycles. The van der Waals surface area contributed by atoms with Crippen LogP contribution >= 0.6 is 0 Å². The minimum absolute atomic E-state index is 0.0735. The molecule has 0 radical (unpaired) electrons. The molecule has 0 bridgehead atoms. The van der Waals surface area contributed by atoms with Crippen LogP contribution in [0.1, 0.15) is 24.5 Å². The number of amides is 3. The SMILES string of the molecule is COC(=O)N1CCC[C@H](NC(=O)NC[C@H](OC)c2ccccc2)C1. The van der Waals surface area contributed by atoms with Crippen LogP contribution in [-0.4, -0.2) is 56.9 Å². The molecule has 2 rings (SSSR count). The number of carbonyl (C=O) groups excluding carboxylic acids is 2. The van der Waals surface area contributed by atoms with E-state index in [0.717, 1.165) is 18.4 Å². The molecule has 1 aromatic rings. The predicted octanol–water partition coefficient (Wildman–Crippen LogP) is 1.90. The summed E-state index contributed by atoms with van der Waals surface area (Å²) >= 11 is 0. The topological polar surface area (TPSA) is 79.9 Å². The zero-order chi connectivity index (χ0) is 17.4. The van der Waals surface area contributed by atoms with Gasteiger partial charge in [-0.15, -0.1) is 0 Å². The fraction of sp³-hybridized carbons (Fsp3) is 0.529. The molecule has 1 fully saturated rings. The number of likely N-dealkylation sites (tertiary alicyclic amines) is 1. The molecular formula is C17H25N3O4. The van der Waals surface area contributed by atoms with Crippen LogP contribution in [0.25, 0.3) is 0 Å². The van der Waals surface area contributed by atoms with E-state index in [4.69, 9.17) is 9.47 Å². The monoisotopic (exact) mass is 335 g/mol. The van der Waals surface area contributed by atoms with Crippen LogP contribution in [0.5, 0.6) is 0 Å². The van der Waals surface area contributed by atoms with Crippen LogP contribution in [0.3, 0.4) is 0 Å². The van der Waals surface area contributed by atoms with Gasteiger partial charge in [0.2, 0.25) is 0 Å². The first-order valence-electron chi connectivity index (χ1n) is 8.09. The third kappa shape index (κ3) is 5.13. The van der Waals surface area contributed by atoms with Gasteiger partial charge in [-0.05, 0) is 18.4 Å². The van der Waals surface area contributed by atoms with Crippen molar-refractivity contribution in [2.45, 2.75) is 25.0 Å². The molecule has 1 aliphatic rings. The number of ether oxygens (including phenoxy) is 2. The Morgan fingerprint density at radius 3 is 2.71 bits per heavy atom. The highest BCUT2D eigenvalue weighted by atomic mass is 16.5. The summed E-state index contributed by atoms with van der Waals surface area (Å²) in [5.41, 5.74) is 1.01. The van der Waals surface area contributed by atoms with Crippen molar-refractivity contribution in [3.8, 4) is 0 Å². The highest BCUT2D eigenvalue weighted by Gasteiger charge is 2.25. The van der Waals surface area contributed by atoms with Crippen molar-refractivity contribution >= 4 is 12.1 Å². The lowest BCUT2D eigenvalue weighted by molar-refractivity contribution is 0.101. The van der Waals surface area contributed by atoms with E-state index in [-0.39, 0.29) is 24.3 Å². The molecule has 0 aromatic heterocycles. The van der Waals surface area contributed by atoms with E-state index in [9.17, 15) is 9.59 Å². The first-order chi connectivity index (χ1) is 11.6. The molecule has 0 aliphatic carbocycles. The lowest BCUT2D eigenvalue weighted by atomic mass is 10.1. The van der Waals surface area contributed by atoms with Crippen LogP contribution < -0.4 is 10.6 Å². The van der Waals surface area contributed by atoms with Gasteiger partial charge in [0, 0.05) is 32.8 Å². The van der Waals surface area contributed by atoms with Crippen molar-refractivity contribution < 1.29 is 19.1 Å². The molecule has 3 amide bonds. The number of rotatable bonds is 5. The van der Waals surface area contributed by atoms with Gasteiger partial charge < -0.3 is 25.0 Å². The minimum atomic E-state index is -0.356. The Hall–Kier alpha value is -2.28. The number of benzene rings is 1. The summed E-state index contributed by atoms with van der Waals surface area (Å²) in [6, 6.07) is 9.40. The molecule has 2 atom stereocenters. The number of nitrogens with one attached hydrogen (secondary N) is 2. The van der Waals surface area contributed by atoms with Crippen LogP contribution in [0, 0.1) is 0 Å². The van der Waals surface area contributed by atoms with E-state index in [0.29, 0.717) is 19.6 Å². The number of nitrogens with zero attached hydrogens (tertiary/aromatic N) is 1. The van der Waals surface area contributed by atoms with Crippen molar-refractivity contribution in [2.75, 3.05) is 33.9 Å². The Bertz CT molecular complexity index is 538. The van der Waals surface area contributed by atoms with Gasteiger partial charge >= 0.3 is 12.1 Å². The normalized spacial score (nSPS) is 18.6. The summed E-state index contributed by atoms with van der Waals surface area (Å²) in [7, 11) is 2.98. The summed E-state index contributed by atoms with van der Waals surface area (Å²) in [6.45, 7) is 1.50. The van der Waals surface area contributed by atoms with Crippen LogP contribution in [0.2, 0.25) is 0 Å². The van der Waals surface area contributed by atoms with E-state index in [1.807, 2.05) is 30.3 Å². The highest BCUT2D eigenvalue weighted by molar-refractivity contribution is 5.74. The van der Waals surface area contributed by atoms with Crippen molar-refractivity contribution in [3.63, 3.8) is 0 Å². The van der Waals surface area contributed by atoms with Gasteiger partial charge in [-0.1, -0.05) is 30.3 Å². The molecule has 1 heterocycles. The van der Waals surface area contributed by atoms with Crippen molar-refractivity contribution in [2.24, 2.45) is 0 Å². The Kier molecular flexibility index (Phi) is 6.87. The number of carbonyl (C=O) groups is 2. The second kappa shape index (κ2) is 9.12. The van der Waals surface area contributed by atoms with Gasteiger partial charge in [0.15, 0.2) is 0 Å². The Labute approximate surface area is 142 Å². The van der Waals surface area contributed by atoms with Crippen molar-refractivity contribution in [1.82, 2.24) is 15.5 Å². The quantitative estimate of drug-likeness (QED) is 0.861. The lowest BCUT2D eigenvalue weighted by Crippen LogP contribution is -2.52. The molecule has 1 saturated heterocycles. The third-order valence-electron chi connectivity index (χ3n) is 4.09. The second-order valence-electron chi connectivity index (χ2n) is 5.74. The molecule has 0 spiro atoms. The fourth-order valence-electron chi connectivity index (χ4n) is 2.82.